The van der Waals surface area contributed by atoms with Crippen molar-refractivity contribution < 1.29 is 4.79 Å². The highest BCUT2D eigenvalue weighted by Crippen LogP contribution is 2.43. The Labute approximate surface area is 86.6 Å². The number of carbonyl (C=O) groups is 1. The maximum absolute atomic E-state index is 11.8. The van der Waals surface area contributed by atoms with Crippen LogP contribution in [-0.4, -0.2) is 30.4 Å². The summed E-state index contributed by atoms with van der Waals surface area (Å²) in [5, 5.41) is 0. The SMILES string of the molecule is CCN(CCN)C(=O)CC1(C)CCC1. The van der Waals surface area contributed by atoms with Gasteiger partial charge in [0.2, 0.25) is 5.91 Å². The van der Waals surface area contributed by atoms with Crippen LogP contribution < -0.4 is 5.73 Å². The van der Waals surface area contributed by atoms with Crippen molar-refractivity contribution in [3.05, 3.63) is 0 Å². The van der Waals surface area contributed by atoms with E-state index < -0.39 is 0 Å². The molecule has 1 fully saturated rings. The highest BCUT2D eigenvalue weighted by atomic mass is 16.2. The van der Waals surface area contributed by atoms with Crippen LogP contribution in [0.1, 0.15) is 39.5 Å². The van der Waals surface area contributed by atoms with Crippen LogP contribution in [0.3, 0.4) is 0 Å². The third-order valence-corrected chi connectivity index (χ3v) is 3.27. The monoisotopic (exact) mass is 198 g/mol. The highest BCUT2D eigenvalue weighted by Gasteiger charge is 2.34. The van der Waals surface area contributed by atoms with E-state index in [1.54, 1.807) is 0 Å². The standard InChI is InChI=1S/C11H22N2O/c1-3-13(8-7-12)10(14)9-11(2)5-4-6-11/h3-9,12H2,1-2H3. The minimum atomic E-state index is 0.278. The fourth-order valence-electron chi connectivity index (χ4n) is 2.05. The molecule has 0 atom stereocenters. The van der Waals surface area contributed by atoms with Crippen LogP contribution in [0.4, 0.5) is 0 Å². The predicted molar refractivity (Wildman–Crippen MR) is 57.9 cm³/mol. The minimum Gasteiger partial charge on any atom is -0.342 e. The van der Waals surface area contributed by atoms with Gasteiger partial charge >= 0.3 is 0 Å². The molecule has 0 aromatic heterocycles. The van der Waals surface area contributed by atoms with E-state index in [2.05, 4.69) is 6.92 Å². The average molecular weight is 198 g/mol. The van der Waals surface area contributed by atoms with Crippen molar-refractivity contribution in [1.29, 1.82) is 0 Å². The number of carbonyl (C=O) groups excluding carboxylic acids is 1. The van der Waals surface area contributed by atoms with Crippen LogP contribution in [0, 0.1) is 5.41 Å². The Kier molecular flexibility index (Phi) is 3.93. The van der Waals surface area contributed by atoms with Gasteiger partial charge in [0.15, 0.2) is 0 Å². The Morgan fingerprint density at radius 3 is 2.50 bits per heavy atom. The molecule has 82 valence electrons. The van der Waals surface area contributed by atoms with Gasteiger partial charge in [-0.1, -0.05) is 13.3 Å². The second-order valence-electron chi connectivity index (χ2n) is 4.60. The maximum atomic E-state index is 11.8. The summed E-state index contributed by atoms with van der Waals surface area (Å²) >= 11 is 0. The Hall–Kier alpha value is -0.570. The first-order valence-electron chi connectivity index (χ1n) is 5.59. The molecule has 0 aliphatic heterocycles. The molecule has 3 heteroatoms. The number of likely N-dealkylation sites (N-methyl/N-ethyl adjacent to an activating group) is 1. The summed E-state index contributed by atoms with van der Waals surface area (Å²) in [7, 11) is 0. The molecule has 1 aliphatic rings. The van der Waals surface area contributed by atoms with Crippen molar-refractivity contribution in [1.82, 2.24) is 4.90 Å². The lowest BCUT2D eigenvalue weighted by molar-refractivity contribution is -0.134. The molecule has 14 heavy (non-hydrogen) atoms. The number of hydrogen-bond acceptors (Lipinski definition) is 2. The summed E-state index contributed by atoms with van der Waals surface area (Å²) < 4.78 is 0. The summed E-state index contributed by atoms with van der Waals surface area (Å²) in [5.74, 6) is 0.278. The van der Waals surface area contributed by atoms with E-state index in [0.29, 0.717) is 24.9 Å². The summed E-state index contributed by atoms with van der Waals surface area (Å²) in [6.45, 7) is 6.27. The summed E-state index contributed by atoms with van der Waals surface area (Å²) in [4.78, 5) is 13.7. The molecule has 1 amide bonds. The number of nitrogens with two attached hydrogens (primary N) is 1. The van der Waals surface area contributed by atoms with Gasteiger partial charge in [0.1, 0.15) is 0 Å². The van der Waals surface area contributed by atoms with Gasteiger partial charge in [0.25, 0.3) is 0 Å². The zero-order valence-corrected chi connectivity index (χ0v) is 9.38. The molecule has 1 saturated carbocycles. The van der Waals surface area contributed by atoms with Crippen LogP contribution in [0.2, 0.25) is 0 Å². The van der Waals surface area contributed by atoms with E-state index in [4.69, 9.17) is 5.73 Å². The third-order valence-electron chi connectivity index (χ3n) is 3.27. The molecular weight excluding hydrogens is 176 g/mol. The van der Waals surface area contributed by atoms with Crippen LogP contribution in [-0.2, 0) is 4.79 Å². The molecule has 0 radical (unpaired) electrons. The van der Waals surface area contributed by atoms with E-state index in [0.717, 1.165) is 6.54 Å². The number of hydrogen-bond donors (Lipinski definition) is 1. The number of rotatable bonds is 5. The molecule has 2 N–H and O–H groups in total. The van der Waals surface area contributed by atoms with E-state index in [-0.39, 0.29) is 5.91 Å². The highest BCUT2D eigenvalue weighted by molar-refractivity contribution is 5.77. The normalized spacial score (nSPS) is 18.8. The molecule has 0 saturated heterocycles. The second-order valence-corrected chi connectivity index (χ2v) is 4.60. The molecule has 1 rings (SSSR count). The molecule has 0 unspecified atom stereocenters. The van der Waals surface area contributed by atoms with Gasteiger partial charge in [-0.15, -0.1) is 0 Å². The van der Waals surface area contributed by atoms with Gasteiger partial charge in [0.05, 0.1) is 0 Å². The molecule has 0 heterocycles. The lowest BCUT2D eigenvalue weighted by atomic mass is 9.68. The Morgan fingerprint density at radius 2 is 2.14 bits per heavy atom. The third kappa shape index (κ3) is 2.71. The van der Waals surface area contributed by atoms with Crippen LogP contribution in [0.5, 0.6) is 0 Å². The Bertz CT molecular complexity index is 199. The van der Waals surface area contributed by atoms with E-state index in [1.807, 2.05) is 11.8 Å². The number of nitrogens with zero attached hydrogens (tertiary/aromatic N) is 1. The van der Waals surface area contributed by atoms with E-state index in [9.17, 15) is 4.79 Å². The van der Waals surface area contributed by atoms with Crippen LogP contribution >= 0.6 is 0 Å². The van der Waals surface area contributed by atoms with E-state index >= 15 is 0 Å². The molecule has 0 bridgehead atoms. The largest absolute Gasteiger partial charge is 0.342 e. The molecule has 0 aromatic rings. The lowest BCUT2D eigenvalue weighted by Gasteiger charge is -2.39. The zero-order valence-electron chi connectivity index (χ0n) is 9.38. The van der Waals surface area contributed by atoms with Crippen molar-refractivity contribution >= 4 is 5.91 Å². The summed E-state index contributed by atoms with van der Waals surface area (Å²) in [6, 6.07) is 0. The second kappa shape index (κ2) is 4.78. The molecule has 1 aliphatic carbocycles. The van der Waals surface area contributed by atoms with Gasteiger partial charge in [-0.25, -0.2) is 0 Å². The summed E-state index contributed by atoms with van der Waals surface area (Å²) in [5.41, 5.74) is 5.75. The van der Waals surface area contributed by atoms with E-state index in [1.165, 1.54) is 19.3 Å². The topological polar surface area (TPSA) is 46.3 Å². The van der Waals surface area contributed by atoms with Crippen LogP contribution in [0.25, 0.3) is 0 Å². The van der Waals surface area contributed by atoms with Gasteiger partial charge in [-0.2, -0.15) is 0 Å². The quantitative estimate of drug-likeness (QED) is 0.725. The van der Waals surface area contributed by atoms with Gasteiger partial charge in [-0.3, -0.25) is 4.79 Å². The smallest absolute Gasteiger partial charge is 0.223 e. The lowest BCUT2D eigenvalue weighted by Crippen LogP contribution is -2.39. The first-order valence-corrected chi connectivity index (χ1v) is 5.59. The molecule has 0 aromatic carbocycles. The first kappa shape index (κ1) is 11.5. The average Bonchev–Trinajstić information content (AvgIpc) is 2.11. The predicted octanol–water partition coefficient (Wildman–Crippen LogP) is 1.37. The molecule has 0 spiro atoms. The number of amides is 1. The molecular formula is C11H22N2O. The fourth-order valence-corrected chi connectivity index (χ4v) is 2.05. The van der Waals surface area contributed by atoms with Gasteiger partial charge < -0.3 is 10.6 Å². The van der Waals surface area contributed by atoms with Crippen molar-refractivity contribution in [3.8, 4) is 0 Å². The van der Waals surface area contributed by atoms with Gasteiger partial charge in [-0.05, 0) is 25.2 Å². The van der Waals surface area contributed by atoms with Crippen molar-refractivity contribution in [2.75, 3.05) is 19.6 Å². The minimum absolute atomic E-state index is 0.278. The Balaban J connectivity index is 2.38. The van der Waals surface area contributed by atoms with Crippen LogP contribution in [0.15, 0.2) is 0 Å². The maximum Gasteiger partial charge on any atom is 0.223 e. The van der Waals surface area contributed by atoms with Crippen molar-refractivity contribution in [3.63, 3.8) is 0 Å². The van der Waals surface area contributed by atoms with Crippen molar-refractivity contribution in [2.24, 2.45) is 11.1 Å². The van der Waals surface area contributed by atoms with Gasteiger partial charge in [0, 0.05) is 26.1 Å². The first-order chi connectivity index (χ1) is 6.61. The summed E-state index contributed by atoms with van der Waals surface area (Å²) in [6.07, 6.45) is 4.41. The van der Waals surface area contributed by atoms with Crippen molar-refractivity contribution in [2.45, 2.75) is 39.5 Å². The Morgan fingerprint density at radius 1 is 1.50 bits per heavy atom. The molecule has 3 nitrogen and oxygen atoms in total. The fraction of sp³-hybridized carbons (Fsp3) is 0.909. The zero-order chi connectivity index (χ0) is 10.6.